The van der Waals surface area contributed by atoms with Gasteiger partial charge in [-0.05, 0) is 18.6 Å². The first-order chi connectivity index (χ1) is 6.90. The predicted octanol–water partition coefficient (Wildman–Crippen LogP) is 2.97. The van der Waals surface area contributed by atoms with Crippen LogP contribution in [0.2, 0.25) is 19.6 Å². The average molecular weight is 218 g/mol. The van der Waals surface area contributed by atoms with E-state index in [1.165, 1.54) is 0 Å². The predicted molar refractivity (Wildman–Crippen MR) is 67.3 cm³/mol. The molecule has 1 N–H and O–H groups in total. The van der Waals surface area contributed by atoms with Crippen LogP contribution in [0.1, 0.15) is 24.2 Å². The molecule has 1 rings (SSSR count). The minimum atomic E-state index is -1.34. The van der Waals surface area contributed by atoms with Gasteiger partial charge in [0, 0.05) is 5.56 Å². The molecule has 0 fully saturated rings. The fourth-order valence-electron chi connectivity index (χ4n) is 1.23. The number of benzene rings is 1. The van der Waals surface area contributed by atoms with Crippen molar-refractivity contribution in [2.75, 3.05) is 0 Å². The number of hydrogen-bond acceptors (Lipinski definition) is 1. The fraction of sp³-hybridized carbons (Fsp3) is 0.385. The quantitative estimate of drug-likeness (QED) is 0.567. The molecule has 2 heteroatoms. The maximum atomic E-state index is 9.58. The van der Waals surface area contributed by atoms with E-state index in [1.54, 1.807) is 6.92 Å². The molecule has 80 valence electrons. The first-order valence-corrected chi connectivity index (χ1v) is 8.70. The van der Waals surface area contributed by atoms with Crippen molar-refractivity contribution in [1.29, 1.82) is 0 Å². The third-order valence-corrected chi connectivity index (χ3v) is 2.86. The van der Waals surface area contributed by atoms with Crippen LogP contribution >= 0.6 is 0 Å². The zero-order valence-corrected chi connectivity index (χ0v) is 10.8. The Hall–Kier alpha value is -1.04. The summed E-state index contributed by atoms with van der Waals surface area (Å²) in [4.78, 5) is 0. The van der Waals surface area contributed by atoms with Gasteiger partial charge in [-0.15, -0.1) is 5.54 Å². The van der Waals surface area contributed by atoms with Crippen LogP contribution < -0.4 is 0 Å². The summed E-state index contributed by atoms with van der Waals surface area (Å²) in [6.45, 7) is 8.41. The normalized spacial score (nSPS) is 12.9. The lowest BCUT2D eigenvalue weighted by atomic mass is 10.0. The van der Waals surface area contributed by atoms with Crippen LogP contribution in [-0.4, -0.2) is 13.2 Å². The summed E-state index contributed by atoms with van der Waals surface area (Å²) in [6.07, 6.45) is -0.447. The van der Waals surface area contributed by atoms with E-state index < -0.39 is 14.2 Å². The Morgan fingerprint density at radius 3 is 2.33 bits per heavy atom. The lowest BCUT2D eigenvalue weighted by Crippen LogP contribution is -2.16. The molecule has 0 heterocycles. The van der Waals surface area contributed by atoms with Crippen LogP contribution in [0.5, 0.6) is 0 Å². The van der Waals surface area contributed by atoms with E-state index in [1.807, 2.05) is 24.3 Å². The Kier molecular flexibility index (Phi) is 3.73. The van der Waals surface area contributed by atoms with E-state index in [4.69, 9.17) is 0 Å². The van der Waals surface area contributed by atoms with Gasteiger partial charge in [-0.2, -0.15) is 0 Å². The van der Waals surface area contributed by atoms with Gasteiger partial charge in [0.05, 0.1) is 6.10 Å². The molecule has 0 spiro atoms. The van der Waals surface area contributed by atoms with Crippen LogP contribution in [0, 0.1) is 11.5 Å². The molecule has 15 heavy (non-hydrogen) atoms. The number of rotatable bonds is 1. The van der Waals surface area contributed by atoms with Gasteiger partial charge in [0.2, 0.25) is 0 Å². The molecule has 0 bridgehead atoms. The summed E-state index contributed by atoms with van der Waals surface area (Å²) in [7, 11) is -1.34. The lowest BCUT2D eigenvalue weighted by molar-refractivity contribution is 0.199. The standard InChI is InChI=1S/C13H18OSi/c1-11(14)13-8-6-5-7-12(13)9-10-15(2,3)4/h5-8,11,14H,1-4H3. The molecule has 0 aliphatic heterocycles. The maximum absolute atomic E-state index is 9.58. The van der Waals surface area contributed by atoms with Gasteiger partial charge in [-0.1, -0.05) is 43.8 Å². The van der Waals surface area contributed by atoms with E-state index >= 15 is 0 Å². The van der Waals surface area contributed by atoms with Crippen molar-refractivity contribution in [1.82, 2.24) is 0 Å². The second kappa shape index (κ2) is 4.65. The highest BCUT2D eigenvalue weighted by Gasteiger charge is 2.09. The minimum absolute atomic E-state index is 0.447. The van der Waals surface area contributed by atoms with Crippen molar-refractivity contribution < 1.29 is 5.11 Å². The SMILES string of the molecule is CC(O)c1ccccc1C#C[Si](C)(C)C. The second-order valence-corrected chi connectivity index (χ2v) is 9.51. The molecule has 1 nitrogen and oxygen atoms in total. The molecule has 0 aromatic heterocycles. The summed E-state index contributed by atoms with van der Waals surface area (Å²) in [5.74, 6) is 3.19. The number of aliphatic hydroxyl groups excluding tert-OH is 1. The minimum Gasteiger partial charge on any atom is -0.389 e. The largest absolute Gasteiger partial charge is 0.389 e. The van der Waals surface area contributed by atoms with Crippen LogP contribution in [0.15, 0.2) is 24.3 Å². The monoisotopic (exact) mass is 218 g/mol. The molecule has 1 unspecified atom stereocenters. The van der Waals surface area contributed by atoms with Crippen molar-refractivity contribution in [2.45, 2.75) is 32.7 Å². The van der Waals surface area contributed by atoms with Crippen molar-refractivity contribution in [3.63, 3.8) is 0 Å². The van der Waals surface area contributed by atoms with Crippen molar-refractivity contribution >= 4 is 8.07 Å². The second-order valence-electron chi connectivity index (χ2n) is 4.76. The lowest BCUT2D eigenvalue weighted by Gasteiger charge is -2.08. The fourth-order valence-corrected chi connectivity index (χ4v) is 1.74. The van der Waals surface area contributed by atoms with Gasteiger partial charge in [0.1, 0.15) is 8.07 Å². The summed E-state index contributed by atoms with van der Waals surface area (Å²) in [5.41, 5.74) is 5.18. The average Bonchev–Trinajstić information content (AvgIpc) is 2.14. The molecule has 0 aliphatic rings. The van der Waals surface area contributed by atoms with E-state index in [-0.39, 0.29) is 0 Å². The summed E-state index contributed by atoms with van der Waals surface area (Å²) < 4.78 is 0. The Bertz CT molecular complexity index is 391. The molecule has 1 atom stereocenters. The summed E-state index contributed by atoms with van der Waals surface area (Å²) in [6, 6.07) is 7.79. The van der Waals surface area contributed by atoms with Crippen molar-refractivity contribution in [2.24, 2.45) is 0 Å². The van der Waals surface area contributed by atoms with Gasteiger partial charge in [0.25, 0.3) is 0 Å². The van der Waals surface area contributed by atoms with Gasteiger partial charge in [-0.25, -0.2) is 0 Å². The Morgan fingerprint density at radius 2 is 1.80 bits per heavy atom. The highest BCUT2D eigenvalue weighted by molar-refractivity contribution is 6.83. The highest BCUT2D eigenvalue weighted by Crippen LogP contribution is 2.16. The first kappa shape index (κ1) is 12.0. The molecular weight excluding hydrogens is 200 g/mol. The molecule has 0 amide bonds. The first-order valence-electron chi connectivity index (χ1n) is 5.20. The Morgan fingerprint density at radius 1 is 1.20 bits per heavy atom. The third-order valence-electron chi connectivity index (χ3n) is 1.98. The van der Waals surface area contributed by atoms with Gasteiger partial charge >= 0.3 is 0 Å². The Labute approximate surface area is 93.2 Å². The number of hydrogen-bond donors (Lipinski definition) is 1. The van der Waals surface area contributed by atoms with Crippen LogP contribution in [0.3, 0.4) is 0 Å². The van der Waals surface area contributed by atoms with Crippen molar-refractivity contribution in [3.8, 4) is 11.5 Å². The van der Waals surface area contributed by atoms with Crippen LogP contribution in [-0.2, 0) is 0 Å². The molecule has 0 radical (unpaired) electrons. The topological polar surface area (TPSA) is 20.2 Å². The van der Waals surface area contributed by atoms with Gasteiger partial charge < -0.3 is 5.11 Å². The van der Waals surface area contributed by atoms with Gasteiger partial charge in [0.15, 0.2) is 0 Å². The van der Waals surface area contributed by atoms with Crippen LogP contribution in [0.25, 0.3) is 0 Å². The van der Waals surface area contributed by atoms with Gasteiger partial charge in [-0.3, -0.25) is 0 Å². The smallest absolute Gasteiger partial charge is 0.129 e. The molecule has 0 aliphatic carbocycles. The van der Waals surface area contributed by atoms with E-state index in [0.29, 0.717) is 0 Å². The number of aliphatic hydroxyl groups is 1. The molecule has 1 aromatic carbocycles. The summed E-state index contributed by atoms with van der Waals surface area (Å²) >= 11 is 0. The zero-order valence-electron chi connectivity index (χ0n) is 9.83. The van der Waals surface area contributed by atoms with Crippen molar-refractivity contribution in [3.05, 3.63) is 35.4 Å². The maximum Gasteiger partial charge on any atom is 0.129 e. The van der Waals surface area contributed by atoms with E-state index in [2.05, 4.69) is 31.1 Å². The van der Waals surface area contributed by atoms with E-state index in [0.717, 1.165) is 11.1 Å². The molecule has 1 aromatic rings. The molecule has 0 saturated carbocycles. The van der Waals surface area contributed by atoms with E-state index in [9.17, 15) is 5.11 Å². The molecule has 0 saturated heterocycles. The highest BCUT2D eigenvalue weighted by atomic mass is 28.3. The van der Waals surface area contributed by atoms with Crippen LogP contribution in [0.4, 0.5) is 0 Å². The third kappa shape index (κ3) is 3.91. The Balaban J connectivity index is 3.08. The zero-order chi connectivity index (χ0) is 11.5. The summed E-state index contributed by atoms with van der Waals surface area (Å²) in [5, 5.41) is 9.58. The molecular formula is C13H18OSi.